The van der Waals surface area contributed by atoms with Crippen molar-refractivity contribution in [1.29, 1.82) is 5.26 Å². The van der Waals surface area contributed by atoms with Gasteiger partial charge in [0.2, 0.25) is 0 Å². The smallest absolute Gasteiger partial charge is 0.143 e. The van der Waals surface area contributed by atoms with Gasteiger partial charge in [0, 0.05) is 5.69 Å². The highest BCUT2D eigenvalue weighted by Gasteiger charge is 2.09. The summed E-state index contributed by atoms with van der Waals surface area (Å²) in [7, 11) is 1.52. The Morgan fingerprint density at radius 3 is 2.67 bits per heavy atom. The molecule has 0 fully saturated rings. The maximum atomic E-state index is 13.1. The molecule has 0 saturated carbocycles. The average Bonchev–Trinajstić information content (AvgIpc) is 2.39. The van der Waals surface area contributed by atoms with E-state index in [2.05, 4.69) is 11.4 Å². The third kappa shape index (κ3) is 2.41. The first-order valence-corrected chi connectivity index (χ1v) is 5.34. The van der Waals surface area contributed by atoms with Gasteiger partial charge in [-0.25, -0.2) is 4.39 Å². The molecule has 0 heterocycles. The van der Waals surface area contributed by atoms with Gasteiger partial charge in [0.15, 0.2) is 0 Å². The SMILES string of the molecule is COc1cccc(C#N)c1Nc1cccc(F)c1. The number of nitrogens with zero attached hydrogens (tertiary/aromatic N) is 1. The summed E-state index contributed by atoms with van der Waals surface area (Å²) in [5.41, 5.74) is 1.54. The van der Waals surface area contributed by atoms with Crippen molar-refractivity contribution < 1.29 is 9.13 Å². The zero-order valence-corrected chi connectivity index (χ0v) is 9.77. The Kier molecular flexibility index (Phi) is 3.44. The van der Waals surface area contributed by atoms with Crippen molar-refractivity contribution in [3.8, 4) is 11.8 Å². The molecule has 2 aromatic carbocycles. The Morgan fingerprint density at radius 1 is 1.22 bits per heavy atom. The van der Waals surface area contributed by atoms with Gasteiger partial charge in [-0.1, -0.05) is 12.1 Å². The van der Waals surface area contributed by atoms with Gasteiger partial charge < -0.3 is 10.1 Å². The number of rotatable bonds is 3. The molecule has 4 heteroatoms. The first-order chi connectivity index (χ1) is 8.74. The van der Waals surface area contributed by atoms with Crippen LogP contribution in [0.15, 0.2) is 42.5 Å². The number of nitriles is 1. The zero-order chi connectivity index (χ0) is 13.0. The number of hydrogen-bond acceptors (Lipinski definition) is 3. The molecule has 3 nitrogen and oxygen atoms in total. The molecular weight excluding hydrogens is 231 g/mol. The molecule has 18 heavy (non-hydrogen) atoms. The van der Waals surface area contributed by atoms with Crippen LogP contribution in [-0.4, -0.2) is 7.11 Å². The van der Waals surface area contributed by atoms with E-state index in [1.54, 1.807) is 30.3 Å². The van der Waals surface area contributed by atoms with Crippen molar-refractivity contribution in [3.63, 3.8) is 0 Å². The molecule has 2 rings (SSSR count). The van der Waals surface area contributed by atoms with Crippen LogP contribution >= 0.6 is 0 Å². The van der Waals surface area contributed by atoms with Crippen molar-refractivity contribution in [2.75, 3.05) is 12.4 Å². The fourth-order valence-electron chi connectivity index (χ4n) is 1.63. The highest BCUT2D eigenvalue weighted by atomic mass is 19.1. The summed E-state index contributed by atoms with van der Waals surface area (Å²) >= 11 is 0. The maximum Gasteiger partial charge on any atom is 0.143 e. The molecule has 0 atom stereocenters. The van der Waals surface area contributed by atoms with Crippen LogP contribution in [0.2, 0.25) is 0 Å². The van der Waals surface area contributed by atoms with Crippen LogP contribution < -0.4 is 10.1 Å². The van der Waals surface area contributed by atoms with E-state index in [-0.39, 0.29) is 5.82 Å². The van der Waals surface area contributed by atoms with Crippen LogP contribution in [0.1, 0.15) is 5.56 Å². The van der Waals surface area contributed by atoms with Gasteiger partial charge in [-0.3, -0.25) is 0 Å². The van der Waals surface area contributed by atoms with E-state index in [0.29, 0.717) is 22.7 Å². The molecule has 0 spiro atoms. The molecule has 90 valence electrons. The number of nitrogens with one attached hydrogen (secondary N) is 1. The molecule has 0 amide bonds. The van der Waals surface area contributed by atoms with E-state index in [9.17, 15) is 4.39 Å². The summed E-state index contributed by atoms with van der Waals surface area (Å²) in [6.45, 7) is 0. The Labute approximate surface area is 104 Å². The van der Waals surface area contributed by atoms with E-state index in [1.165, 1.54) is 19.2 Å². The summed E-state index contributed by atoms with van der Waals surface area (Å²) in [6, 6.07) is 13.2. The standard InChI is InChI=1S/C14H11FN2O/c1-18-13-7-2-4-10(9-16)14(13)17-12-6-3-5-11(15)8-12/h2-8,17H,1H3. The highest BCUT2D eigenvalue weighted by molar-refractivity contribution is 5.72. The summed E-state index contributed by atoms with van der Waals surface area (Å²) < 4.78 is 18.3. The number of anilines is 2. The number of methoxy groups -OCH3 is 1. The lowest BCUT2D eigenvalue weighted by atomic mass is 10.1. The minimum Gasteiger partial charge on any atom is -0.495 e. The number of halogens is 1. The molecule has 0 saturated heterocycles. The van der Waals surface area contributed by atoms with E-state index < -0.39 is 0 Å². The summed E-state index contributed by atoms with van der Waals surface area (Å²) in [6.07, 6.45) is 0. The lowest BCUT2D eigenvalue weighted by Gasteiger charge is -2.12. The molecule has 0 aliphatic rings. The van der Waals surface area contributed by atoms with Gasteiger partial charge in [0.1, 0.15) is 17.6 Å². The van der Waals surface area contributed by atoms with E-state index in [0.717, 1.165) is 0 Å². The molecule has 0 aliphatic heterocycles. The van der Waals surface area contributed by atoms with Crippen LogP contribution in [0.5, 0.6) is 5.75 Å². The van der Waals surface area contributed by atoms with Gasteiger partial charge in [-0.2, -0.15) is 5.26 Å². The van der Waals surface area contributed by atoms with E-state index in [1.807, 2.05) is 0 Å². The first-order valence-electron chi connectivity index (χ1n) is 5.34. The molecule has 1 N–H and O–H groups in total. The molecule has 0 bridgehead atoms. The summed E-state index contributed by atoms with van der Waals surface area (Å²) in [4.78, 5) is 0. The first kappa shape index (κ1) is 11.9. The lowest BCUT2D eigenvalue weighted by molar-refractivity contribution is 0.416. The van der Waals surface area contributed by atoms with Crippen molar-refractivity contribution in [3.05, 3.63) is 53.8 Å². The molecule has 2 aromatic rings. The highest BCUT2D eigenvalue weighted by Crippen LogP contribution is 2.30. The second-order valence-corrected chi connectivity index (χ2v) is 3.63. The minimum absolute atomic E-state index is 0.339. The maximum absolute atomic E-state index is 13.1. The second-order valence-electron chi connectivity index (χ2n) is 3.63. The average molecular weight is 242 g/mol. The lowest BCUT2D eigenvalue weighted by Crippen LogP contribution is -1.97. The second kappa shape index (κ2) is 5.19. The number of para-hydroxylation sites is 1. The quantitative estimate of drug-likeness (QED) is 0.896. The van der Waals surface area contributed by atoms with Crippen LogP contribution in [0.3, 0.4) is 0 Å². The molecule has 0 aromatic heterocycles. The number of hydrogen-bond donors (Lipinski definition) is 1. The van der Waals surface area contributed by atoms with Crippen molar-refractivity contribution in [2.24, 2.45) is 0 Å². The number of benzene rings is 2. The van der Waals surface area contributed by atoms with Gasteiger partial charge in [-0.05, 0) is 30.3 Å². The number of ether oxygens (including phenoxy) is 1. The zero-order valence-electron chi connectivity index (χ0n) is 9.77. The van der Waals surface area contributed by atoms with Crippen molar-refractivity contribution in [2.45, 2.75) is 0 Å². The van der Waals surface area contributed by atoms with E-state index in [4.69, 9.17) is 10.00 Å². The summed E-state index contributed by atoms with van der Waals surface area (Å²) in [5, 5.41) is 12.0. The van der Waals surface area contributed by atoms with Gasteiger partial charge in [0.05, 0.1) is 18.4 Å². The van der Waals surface area contributed by atoms with E-state index >= 15 is 0 Å². The summed E-state index contributed by atoms with van der Waals surface area (Å²) in [5.74, 6) is 0.201. The Morgan fingerprint density at radius 2 is 2.00 bits per heavy atom. The normalized spacial score (nSPS) is 9.61. The Bertz CT molecular complexity index is 605. The Balaban J connectivity index is 2.42. The van der Waals surface area contributed by atoms with Gasteiger partial charge in [0.25, 0.3) is 0 Å². The van der Waals surface area contributed by atoms with Crippen LogP contribution in [0.25, 0.3) is 0 Å². The van der Waals surface area contributed by atoms with Gasteiger partial charge >= 0.3 is 0 Å². The molecule has 0 radical (unpaired) electrons. The predicted octanol–water partition coefficient (Wildman–Crippen LogP) is 3.45. The topological polar surface area (TPSA) is 45.0 Å². The molecule has 0 aliphatic carbocycles. The molecular formula is C14H11FN2O. The predicted molar refractivity (Wildman–Crippen MR) is 67.4 cm³/mol. The fraction of sp³-hybridized carbons (Fsp3) is 0.0714. The van der Waals surface area contributed by atoms with Crippen LogP contribution in [-0.2, 0) is 0 Å². The largest absolute Gasteiger partial charge is 0.495 e. The van der Waals surface area contributed by atoms with Crippen LogP contribution in [0, 0.1) is 17.1 Å². The Hall–Kier alpha value is -2.54. The minimum atomic E-state index is -0.339. The fourth-order valence-corrected chi connectivity index (χ4v) is 1.63. The third-order valence-corrected chi connectivity index (χ3v) is 2.46. The monoisotopic (exact) mass is 242 g/mol. The molecule has 0 unspecified atom stereocenters. The van der Waals surface area contributed by atoms with Crippen molar-refractivity contribution >= 4 is 11.4 Å². The van der Waals surface area contributed by atoms with Crippen molar-refractivity contribution in [1.82, 2.24) is 0 Å². The third-order valence-electron chi connectivity index (χ3n) is 2.46. The van der Waals surface area contributed by atoms with Crippen LogP contribution in [0.4, 0.5) is 15.8 Å². The van der Waals surface area contributed by atoms with Gasteiger partial charge in [-0.15, -0.1) is 0 Å².